The van der Waals surface area contributed by atoms with Crippen molar-refractivity contribution in [3.8, 4) is 0 Å². The minimum atomic E-state index is 0.564. The van der Waals surface area contributed by atoms with Crippen molar-refractivity contribution in [1.82, 2.24) is 5.32 Å². The molecule has 0 radical (unpaired) electrons. The smallest absolute Gasteiger partial charge is 0.0652 e. The Labute approximate surface area is 111 Å². The first kappa shape index (κ1) is 12.5. The van der Waals surface area contributed by atoms with Crippen molar-refractivity contribution in [1.29, 1.82) is 0 Å². The lowest BCUT2D eigenvalue weighted by Crippen LogP contribution is -2.25. The number of rotatable bonds is 3. The van der Waals surface area contributed by atoms with Crippen molar-refractivity contribution in [2.24, 2.45) is 0 Å². The van der Waals surface area contributed by atoms with Crippen molar-refractivity contribution >= 4 is 34.8 Å². The quantitative estimate of drug-likeness (QED) is 0.792. The summed E-state index contributed by atoms with van der Waals surface area (Å²) in [6, 6.07) is 4.12. The number of hydrogen-bond donors (Lipinski definition) is 1. The van der Waals surface area contributed by atoms with E-state index in [9.17, 15) is 0 Å². The molecule has 1 fully saturated rings. The molecule has 0 amide bonds. The van der Waals surface area contributed by atoms with Crippen molar-refractivity contribution in [3.63, 3.8) is 0 Å². The first-order valence-corrected chi connectivity index (χ1v) is 6.67. The zero-order chi connectivity index (χ0) is 11.5. The Morgan fingerprint density at radius 3 is 2.38 bits per heavy atom. The topological polar surface area (TPSA) is 12.0 Å². The second kappa shape index (κ2) is 5.59. The van der Waals surface area contributed by atoms with E-state index in [0.29, 0.717) is 27.7 Å². The highest BCUT2D eigenvalue weighted by Crippen LogP contribution is 2.31. The zero-order valence-corrected chi connectivity index (χ0v) is 11.2. The molecule has 1 nitrogen and oxygen atoms in total. The monoisotopic (exact) mass is 277 g/mol. The average molecular weight is 279 g/mol. The van der Waals surface area contributed by atoms with Gasteiger partial charge in [-0.2, -0.15) is 0 Å². The highest BCUT2D eigenvalue weighted by Gasteiger charge is 2.16. The van der Waals surface area contributed by atoms with E-state index in [2.05, 4.69) is 5.32 Å². The third kappa shape index (κ3) is 2.84. The van der Waals surface area contributed by atoms with Crippen molar-refractivity contribution in [2.45, 2.75) is 38.3 Å². The molecule has 1 N–H and O–H groups in total. The predicted molar refractivity (Wildman–Crippen MR) is 70.6 cm³/mol. The second-order valence-corrected chi connectivity index (χ2v) is 5.38. The van der Waals surface area contributed by atoms with Crippen LogP contribution in [-0.4, -0.2) is 6.04 Å². The van der Waals surface area contributed by atoms with Gasteiger partial charge in [0.25, 0.3) is 0 Å². The fourth-order valence-electron chi connectivity index (χ4n) is 2.11. The van der Waals surface area contributed by atoms with Crippen LogP contribution in [0.15, 0.2) is 12.1 Å². The molecule has 0 atom stereocenters. The van der Waals surface area contributed by atoms with E-state index in [0.717, 1.165) is 5.56 Å². The van der Waals surface area contributed by atoms with Crippen molar-refractivity contribution in [3.05, 3.63) is 32.8 Å². The van der Waals surface area contributed by atoms with Gasteiger partial charge in [-0.15, -0.1) is 0 Å². The zero-order valence-electron chi connectivity index (χ0n) is 8.90. The van der Waals surface area contributed by atoms with Gasteiger partial charge in [0.2, 0.25) is 0 Å². The van der Waals surface area contributed by atoms with Crippen LogP contribution in [0.3, 0.4) is 0 Å². The fourth-order valence-corrected chi connectivity index (χ4v) is 2.79. The molecule has 0 heterocycles. The first-order chi connectivity index (χ1) is 7.68. The Hall–Kier alpha value is 0.0500. The SMILES string of the molecule is Clc1ccc(Cl)c(CNC2CCCC2)c1Cl. The lowest BCUT2D eigenvalue weighted by atomic mass is 10.2. The summed E-state index contributed by atoms with van der Waals surface area (Å²) < 4.78 is 0. The Morgan fingerprint density at radius 1 is 1.06 bits per heavy atom. The van der Waals surface area contributed by atoms with E-state index in [1.165, 1.54) is 25.7 Å². The normalized spacial score (nSPS) is 16.9. The van der Waals surface area contributed by atoms with Crippen LogP contribution in [0, 0.1) is 0 Å². The standard InChI is InChI=1S/C12H14Cl3N/c13-10-5-6-11(14)12(15)9(10)7-16-8-3-1-2-4-8/h5-6,8,16H,1-4,7H2. The van der Waals surface area contributed by atoms with Crippen LogP contribution in [-0.2, 0) is 6.54 Å². The lowest BCUT2D eigenvalue weighted by molar-refractivity contribution is 0.524. The van der Waals surface area contributed by atoms with Crippen molar-refractivity contribution in [2.75, 3.05) is 0 Å². The Morgan fingerprint density at radius 2 is 1.69 bits per heavy atom. The highest BCUT2D eigenvalue weighted by atomic mass is 35.5. The van der Waals surface area contributed by atoms with E-state index in [-0.39, 0.29) is 0 Å². The number of halogens is 3. The molecule has 0 spiro atoms. The molecule has 0 unspecified atom stereocenters. The van der Waals surface area contributed by atoms with Gasteiger partial charge in [0, 0.05) is 23.2 Å². The Balaban J connectivity index is 2.05. The van der Waals surface area contributed by atoms with Gasteiger partial charge in [0.1, 0.15) is 0 Å². The number of nitrogens with one attached hydrogen (secondary N) is 1. The van der Waals surface area contributed by atoms with Crippen LogP contribution in [0.4, 0.5) is 0 Å². The molecule has 0 aliphatic heterocycles. The maximum absolute atomic E-state index is 6.13. The summed E-state index contributed by atoms with van der Waals surface area (Å²) in [4.78, 5) is 0. The van der Waals surface area contributed by atoms with Gasteiger partial charge >= 0.3 is 0 Å². The second-order valence-electron chi connectivity index (χ2n) is 4.18. The summed E-state index contributed by atoms with van der Waals surface area (Å²) in [6.45, 7) is 0.697. The largest absolute Gasteiger partial charge is 0.310 e. The van der Waals surface area contributed by atoms with Crippen LogP contribution >= 0.6 is 34.8 Å². The molecular weight excluding hydrogens is 264 g/mol. The minimum Gasteiger partial charge on any atom is -0.310 e. The molecule has 1 aromatic rings. The minimum absolute atomic E-state index is 0.564. The van der Waals surface area contributed by atoms with Crippen LogP contribution < -0.4 is 5.32 Å². The Bertz CT molecular complexity index is 373. The van der Waals surface area contributed by atoms with Gasteiger partial charge in [-0.3, -0.25) is 0 Å². The van der Waals surface area contributed by atoms with Crippen molar-refractivity contribution < 1.29 is 0 Å². The summed E-state index contributed by atoms with van der Waals surface area (Å²) >= 11 is 18.2. The molecule has 4 heteroatoms. The van der Waals surface area contributed by atoms with Gasteiger partial charge in [-0.1, -0.05) is 47.6 Å². The molecule has 1 saturated carbocycles. The van der Waals surface area contributed by atoms with E-state index in [1.807, 2.05) is 0 Å². The third-order valence-electron chi connectivity index (χ3n) is 3.06. The molecule has 2 rings (SSSR count). The molecule has 0 saturated heterocycles. The van der Waals surface area contributed by atoms with Gasteiger partial charge in [-0.25, -0.2) is 0 Å². The molecular formula is C12H14Cl3N. The summed E-state index contributed by atoms with van der Waals surface area (Å²) in [5.74, 6) is 0. The van der Waals surface area contributed by atoms with Gasteiger partial charge in [-0.05, 0) is 25.0 Å². The highest BCUT2D eigenvalue weighted by molar-refractivity contribution is 6.44. The van der Waals surface area contributed by atoms with E-state index in [1.54, 1.807) is 12.1 Å². The summed E-state index contributed by atoms with van der Waals surface area (Å²) in [5.41, 5.74) is 0.905. The molecule has 0 bridgehead atoms. The van der Waals surface area contributed by atoms with Gasteiger partial charge in [0.15, 0.2) is 0 Å². The predicted octanol–water partition coefficient (Wildman–Crippen LogP) is 4.68. The summed E-state index contributed by atoms with van der Waals surface area (Å²) in [7, 11) is 0. The van der Waals surface area contributed by atoms with Crippen LogP contribution in [0.25, 0.3) is 0 Å². The maximum atomic E-state index is 6.13. The molecule has 1 aromatic carbocycles. The number of hydrogen-bond acceptors (Lipinski definition) is 1. The summed E-state index contributed by atoms with van der Waals surface area (Å²) in [6.07, 6.45) is 5.12. The van der Waals surface area contributed by atoms with E-state index in [4.69, 9.17) is 34.8 Å². The van der Waals surface area contributed by atoms with Gasteiger partial charge < -0.3 is 5.32 Å². The Kier molecular flexibility index (Phi) is 4.37. The molecule has 0 aromatic heterocycles. The van der Waals surface area contributed by atoms with Crippen LogP contribution in [0.1, 0.15) is 31.2 Å². The lowest BCUT2D eigenvalue weighted by Gasteiger charge is -2.14. The van der Waals surface area contributed by atoms with Crippen LogP contribution in [0.2, 0.25) is 15.1 Å². The molecule has 16 heavy (non-hydrogen) atoms. The fraction of sp³-hybridized carbons (Fsp3) is 0.500. The molecule has 1 aliphatic carbocycles. The third-order valence-corrected chi connectivity index (χ3v) is 4.26. The van der Waals surface area contributed by atoms with Crippen LogP contribution in [0.5, 0.6) is 0 Å². The molecule has 1 aliphatic rings. The van der Waals surface area contributed by atoms with E-state index >= 15 is 0 Å². The average Bonchev–Trinajstić information content (AvgIpc) is 2.77. The maximum Gasteiger partial charge on any atom is 0.0652 e. The summed E-state index contributed by atoms with van der Waals surface area (Å²) in [5, 5.41) is 5.29. The van der Waals surface area contributed by atoms with Gasteiger partial charge in [0.05, 0.1) is 10.0 Å². The first-order valence-electron chi connectivity index (χ1n) is 5.54. The van der Waals surface area contributed by atoms with E-state index < -0.39 is 0 Å². The number of benzene rings is 1. The molecule has 88 valence electrons.